The Balaban J connectivity index is 3.37. The first-order chi connectivity index (χ1) is 5.15. The molecule has 0 saturated heterocycles. The zero-order chi connectivity index (χ0) is 8.43. The fourth-order valence-corrected chi connectivity index (χ4v) is 0.901. The van der Waals surface area contributed by atoms with Crippen LogP contribution in [0.3, 0.4) is 0 Å². The third kappa shape index (κ3) is 1.51. The maximum Gasteiger partial charge on any atom is 0.260 e. The van der Waals surface area contributed by atoms with E-state index in [1.165, 1.54) is 18.0 Å². The Morgan fingerprint density at radius 1 is 1.73 bits per heavy atom. The first kappa shape index (κ1) is 8.07. The van der Waals surface area contributed by atoms with E-state index in [0.29, 0.717) is 0 Å². The number of aromatic nitrogens is 2. The van der Waals surface area contributed by atoms with Crippen LogP contribution in [0.2, 0.25) is 5.15 Å². The van der Waals surface area contributed by atoms with Crippen molar-refractivity contribution in [2.45, 2.75) is 0 Å². The molecule has 0 saturated carbocycles. The molecule has 4 nitrogen and oxygen atoms in total. The van der Waals surface area contributed by atoms with Crippen LogP contribution >= 0.6 is 11.6 Å². The molecule has 1 rings (SSSR count). The molecule has 0 unspecified atom stereocenters. The number of methoxy groups -OCH3 is 1. The highest BCUT2D eigenvalue weighted by atomic mass is 35.5. The van der Waals surface area contributed by atoms with Crippen LogP contribution in [0, 0.1) is 0 Å². The molecule has 1 aromatic heterocycles. The largest absolute Gasteiger partial charge is 0.491 e. The molecule has 60 valence electrons. The predicted octanol–water partition coefficient (Wildman–Crippen LogP) is 0.442. The lowest BCUT2D eigenvalue weighted by Gasteiger charge is -2.00. The van der Waals surface area contributed by atoms with Gasteiger partial charge in [0, 0.05) is 7.05 Å². The Labute approximate surface area is 68.4 Å². The van der Waals surface area contributed by atoms with Crippen LogP contribution in [0.25, 0.3) is 0 Å². The van der Waals surface area contributed by atoms with E-state index in [4.69, 9.17) is 16.3 Å². The first-order valence-electron chi connectivity index (χ1n) is 2.92. The molecule has 0 atom stereocenters. The quantitative estimate of drug-likeness (QED) is 0.621. The molecule has 1 heterocycles. The van der Waals surface area contributed by atoms with Crippen LogP contribution < -0.4 is 10.2 Å². The van der Waals surface area contributed by atoms with Crippen molar-refractivity contribution < 1.29 is 4.74 Å². The minimum absolute atomic E-state index is 0.0770. The molecule has 0 aliphatic heterocycles. The summed E-state index contributed by atoms with van der Waals surface area (Å²) in [5.74, 6) is 0.201. The average molecular weight is 175 g/mol. The van der Waals surface area contributed by atoms with Crippen LogP contribution in [-0.4, -0.2) is 16.9 Å². The van der Waals surface area contributed by atoms with E-state index in [9.17, 15) is 4.79 Å². The van der Waals surface area contributed by atoms with Gasteiger partial charge in [-0.1, -0.05) is 11.6 Å². The van der Waals surface area contributed by atoms with Crippen LogP contribution in [0.1, 0.15) is 0 Å². The Hall–Kier alpha value is -1.03. The molecule has 0 aliphatic rings. The number of nitrogens with zero attached hydrogens (tertiary/aromatic N) is 2. The van der Waals surface area contributed by atoms with Crippen LogP contribution in [0.15, 0.2) is 11.0 Å². The highest BCUT2D eigenvalue weighted by Crippen LogP contribution is 2.03. The van der Waals surface area contributed by atoms with E-state index in [0.717, 1.165) is 0 Å². The van der Waals surface area contributed by atoms with Crippen molar-refractivity contribution in [3.05, 3.63) is 21.6 Å². The monoisotopic (exact) mass is 174 g/mol. The zero-order valence-corrected chi connectivity index (χ0v) is 6.92. The maximum absolute atomic E-state index is 11.0. The van der Waals surface area contributed by atoms with Gasteiger partial charge in [0.2, 0.25) is 5.15 Å². The van der Waals surface area contributed by atoms with Gasteiger partial charge in [-0.05, 0) is 0 Å². The molecule has 0 N–H and O–H groups in total. The summed E-state index contributed by atoms with van der Waals surface area (Å²) >= 11 is 5.47. The van der Waals surface area contributed by atoms with E-state index in [1.54, 1.807) is 7.05 Å². The fourth-order valence-electron chi connectivity index (χ4n) is 0.688. The molecule has 0 aliphatic carbocycles. The van der Waals surface area contributed by atoms with Crippen molar-refractivity contribution >= 4 is 11.6 Å². The number of halogens is 1. The second-order valence-corrected chi connectivity index (χ2v) is 2.35. The third-order valence-electron chi connectivity index (χ3n) is 1.18. The normalized spacial score (nSPS) is 9.73. The Morgan fingerprint density at radius 3 is 2.91 bits per heavy atom. The number of rotatable bonds is 1. The summed E-state index contributed by atoms with van der Waals surface area (Å²) in [5, 5.41) is 3.59. The van der Waals surface area contributed by atoms with E-state index in [1.807, 2.05) is 0 Å². The SMILES string of the molecule is COc1cn(C)nc(Cl)c1=O. The molecule has 0 spiro atoms. The molecule has 0 radical (unpaired) electrons. The maximum atomic E-state index is 11.0. The summed E-state index contributed by atoms with van der Waals surface area (Å²) in [6, 6.07) is 0. The minimum Gasteiger partial charge on any atom is -0.491 e. The van der Waals surface area contributed by atoms with Gasteiger partial charge in [-0.15, -0.1) is 0 Å². The lowest BCUT2D eigenvalue weighted by Crippen LogP contribution is -2.12. The van der Waals surface area contributed by atoms with Crippen LogP contribution in [0.5, 0.6) is 5.75 Å². The van der Waals surface area contributed by atoms with Gasteiger partial charge in [-0.3, -0.25) is 9.48 Å². The summed E-state index contributed by atoms with van der Waals surface area (Å²) < 4.78 is 6.17. The standard InChI is InChI=1S/C6H7ClN2O2/c1-9-3-4(11-2)5(10)6(7)8-9/h3H,1-2H3. The summed E-state index contributed by atoms with van der Waals surface area (Å²) in [7, 11) is 3.07. The number of hydrogen-bond acceptors (Lipinski definition) is 3. The Bertz CT molecular complexity index is 321. The molecule has 5 heteroatoms. The van der Waals surface area contributed by atoms with E-state index in [2.05, 4.69) is 5.10 Å². The minimum atomic E-state index is -0.382. The first-order valence-corrected chi connectivity index (χ1v) is 3.30. The molecule has 0 bridgehead atoms. The van der Waals surface area contributed by atoms with Crippen molar-refractivity contribution in [1.29, 1.82) is 0 Å². The lowest BCUT2D eigenvalue weighted by molar-refractivity contribution is 0.403. The number of ether oxygens (including phenoxy) is 1. The molecule has 11 heavy (non-hydrogen) atoms. The van der Waals surface area contributed by atoms with Gasteiger partial charge in [0.15, 0.2) is 5.75 Å². The highest BCUT2D eigenvalue weighted by Gasteiger charge is 2.04. The van der Waals surface area contributed by atoms with Crippen molar-refractivity contribution in [2.24, 2.45) is 7.05 Å². The van der Waals surface area contributed by atoms with E-state index >= 15 is 0 Å². The molecular formula is C6H7ClN2O2. The lowest BCUT2D eigenvalue weighted by atomic mass is 10.5. The van der Waals surface area contributed by atoms with E-state index < -0.39 is 0 Å². The summed E-state index contributed by atoms with van der Waals surface area (Å²) in [6.45, 7) is 0. The summed E-state index contributed by atoms with van der Waals surface area (Å²) in [4.78, 5) is 11.0. The molecule has 0 aromatic carbocycles. The van der Waals surface area contributed by atoms with Crippen molar-refractivity contribution in [3.8, 4) is 5.75 Å². The van der Waals surface area contributed by atoms with Crippen molar-refractivity contribution in [1.82, 2.24) is 9.78 Å². The predicted molar refractivity (Wildman–Crippen MR) is 41.0 cm³/mol. The molecule has 0 fully saturated rings. The van der Waals surface area contributed by atoms with Crippen molar-refractivity contribution in [2.75, 3.05) is 7.11 Å². The van der Waals surface area contributed by atoms with E-state index in [-0.39, 0.29) is 16.3 Å². The average Bonchev–Trinajstić information content (AvgIpc) is 1.96. The van der Waals surface area contributed by atoms with Gasteiger partial charge in [-0.2, -0.15) is 5.10 Å². The van der Waals surface area contributed by atoms with Gasteiger partial charge in [-0.25, -0.2) is 0 Å². The Kier molecular flexibility index (Phi) is 2.14. The number of hydrogen-bond donors (Lipinski definition) is 0. The van der Waals surface area contributed by atoms with Crippen LogP contribution in [-0.2, 0) is 7.05 Å². The topological polar surface area (TPSA) is 44.1 Å². The smallest absolute Gasteiger partial charge is 0.260 e. The summed E-state index contributed by atoms with van der Waals surface area (Å²) in [5.41, 5.74) is -0.382. The number of aryl methyl sites for hydroxylation is 1. The summed E-state index contributed by atoms with van der Waals surface area (Å²) in [6.07, 6.45) is 1.47. The third-order valence-corrected chi connectivity index (χ3v) is 1.43. The molecular weight excluding hydrogens is 168 g/mol. The fraction of sp³-hybridized carbons (Fsp3) is 0.333. The van der Waals surface area contributed by atoms with Gasteiger partial charge < -0.3 is 4.74 Å². The molecule has 0 amide bonds. The van der Waals surface area contributed by atoms with Gasteiger partial charge in [0.05, 0.1) is 13.3 Å². The van der Waals surface area contributed by atoms with Gasteiger partial charge in [0.25, 0.3) is 5.43 Å². The molecule has 1 aromatic rings. The second-order valence-electron chi connectivity index (χ2n) is 1.99. The zero-order valence-electron chi connectivity index (χ0n) is 6.17. The van der Waals surface area contributed by atoms with Gasteiger partial charge >= 0.3 is 0 Å². The second kappa shape index (κ2) is 2.92. The van der Waals surface area contributed by atoms with Crippen molar-refractivity contribution in [3.63, 3.8) is 0 Å². The van der Waals surface area contributed by atoms with Gasteiger partial charge in [0.1, 0.15) is 0 Å². The Morgan fingerprint density at radius 2 is 2.36 bits per heavy atom. The van der Waals surface area contributed by atoms with Crippen LogP contribution in [0.4, 0.5) is 0 Å². The highest BCUT2D eigenvalue weighted by molar-refractivity contribution is 6.29.